The molecule has 30 heavy (non-hydrogen) atoms. The normalized spacial score (nSPS) is 41.8. The van der Waals surface area contributed by atoms with Crippen LogP contribution in [-0.2, 0) is 11.2 Å². The molecule has 0 aromatic heterocycles. The summed E-state index contributed by atoms with van der Waals surface area (Å²) in [7, 11) is 0. The van der Waals surface area contributed by atoms with E-state index in [1.54, 1.807) is 0 Å². The predicted octanol–water partition coefficient (Wildman–Crippen LogP) is 5.24. The summed E-state index contributed by atoms with van der Waals surface area (Å²) in [6.45, 7) is 4.76. The zero-order chi connectivity index (χ0) is 21.1. The van der Waals surface area contributed by atoms with E-state index in [4.69, 9.17) is 5.73 Å². The van der Waals surface area contributed by atoms with Crippen molar-refractivity contribution >= 4 is 11.5 Å². The summed E-state index contributed by atoms with van der Waals surface area (Å²) in [5, 5.41) is 10.7. The van der Waals surface area contributed by atoms with Crippen LogP contribution in [0.25, 0.3) is 0 Å². The van der Waals surface area contributed by atoms with Gasteiger partial charge in [-0.25, -0.2) is 0 Å². The van der Waals surface area contributed by atoms with Crippen LogP contribution < -0.4 is 5.73 Å². The SMILES string of the molecule is C[C@]12CC[C@H]3[C@@H](CCC4=CC(=O)C(=CCc5ccc(N)cc5)C[C@@]43C)[C@@H]1CC[C@@H]2O. The summed E-state index contributed by atoms with van der Waals surface area (Å²) >= 11 is 0. The van der Waals surface area contributed by atoms with Crippen LogP contribution in [0.15, 0.2) is 47.6 Å². The molecular formula is C27H35NO2. The molecule has 1 aromatic rings. The third-order valence-electron chi connectivity index (χ3n) is 9.43. The Labute approximate surface area is 180 Å². The summed E-state index contributed by atoms with van der Waals surface area (Å²) in [5.74, 6) is 2.18. The first-order chi connectivity index (χ1) is 14.3. The molecule has 3 N–H and O–H groups in total. The zero-order valence-electron chi connectivity index (χ0n) is 18.4. The highest BCUT2D eigenvalue weighted by Crippen LogP contribution is 2.65. The van der Waals surface area contributed by atoms with Gasteiger partial charge in [-0.3, -0.25) is 4.79 Å². The number of fused-ring (bicyclic) bond motifs is 5. The lowest BCUT2D eigenvalue weighted by Crippen LogP contribution is -2.51. The number of hydrogen-bond acceptors (Lipinski definition) is 3. The first-order valence-corrected chi connectivity index (χ1v) is 11.8. The van der Waals surface area contributed by atoms with E-state index in [1.165, 1.54) is 30.4 Å². The number of anilines is 1. The van der Waals surface area contributed by atoms with Gasteiger partial charge in [0.2, 0.25) is 0 Å². The Bertz CT molecular complexity index is 913. The number of nitrogen functional groups attached to an aromatic ring is 1. The summed E-state index contributed by atoms with van der Waals surface area (Å²) in [4.78, 5) is 12.9. The third kappa shape index (κ3) is 3.00. The lowest BCUT2D eigenvalue weighted by atomic mass is 9.47. The fraction of sp³-hybridized carbons (Fsp3) is 0.593. The van der Waals surface area contributed by atoms with Gasteiger partial charge in [-0.05, 0) is 109 Å². The van der Waals surface area contributed by atoms with Gasteiger partial charge >= 0.3 is 0 Å². The van der Waals surface area contributed by atoms with Crippen LogP contribution in [0, 0.1) is 28.6 Å². The van der Waals surface area contributed by atoms with Crippen molar-refractivity contribution < 1.29 is 9.90 Å². The van der Waals surface area contributed by atoms with E-state index in [0.29, 0.717) is 17.8 Å². The van der Waals surface area contributed by atoms with Crippen molar-refractivity contribution in [2.24, 2.45) is 28.6 Å². The minimum Gasteiger partial charge on any atom is -0.399 e. The van der Waals surface area contributed by atoms with Gasteiger partial charge in [-0.1, -0.05) is 37.6 Å². The van der Waals surface area contributed by atoms with Crippen LogP contribution >= 0.6 is 0 Å². The van der Waals surface area contributed by atoms with E-state index in [0.717, 1.165) is 43.4 Å². The highest BCUT2D eigenvalue weighted by Gasteiger charge is 2.59. The molecule has 0 bridgehead atoms. The molecule has 0 radical (unpaired) electrons. The minimum absolute atomic E-state index is 0.0959. The Morgan fingerprint density at radius 2 is 1.87 bits per heavy atom. The van der Waals surface area contributed by atoms with Crippen molar-refractivity contribution in [3.8, 4) is 0 Å². The third-order valence-corrected chi connectivity index (χ3v) is 9.43. The molecule has 5 rings (SSSR count). The van der Waals surface area contributed by atoms with Gasteiger partial charge in [0.15, 0.2) is 5.78 Å². The van der Waals surface area contributed by atoms with Gasteiger partial charge in [0.05, 0.1) is 6.10 Å². The average Bonchev–Trinajstić information content (AvgIpc) is 3.03. The second-order valence-corrected chi connectivity index (χ2v) is 10.9. The number of rotatable bonds is 2. The van der Waals surface area contributed by atoms with Gasteiger partial charge in [-0.2, -0.15) is 0 Å². The molecule has 4 aliphatic rings. The molecule has 6 atom stereocenters. The number of hydrogen-bond donors (Lipinski definition) is 2. The molecule has 1 aromatic carbocycles. The maximum absolute atomic E-state index is 12.9. The van der Waals surface area contributed by atoms with Crippen LogP contribution in [0.2, 0.25) is 0 Å². The predicted molar refractivity (Wildman–Crippen MR) is 121 cm³/mol. The van der Waals surface area contributed by atoms with Crippen LogP contribution in [0.4, 0.5) is 5.69 Å². The Balaban J connectivity index is 1.42. The van der Waals surface area contributed by atoms with Crippen molar-refractivity contribution in [3.05, 3.63) is 53.1 Å². The molecule has 3 heteroatoms. The first kappa shape index (κ1) is 20.1. The second-order valence-electron chi connectivity index (χ2n) is 10.9. The largest absolute Gasteiger partial charge is 0.399 e. The molecule has 0 unspecified atom stereocenters. The lowest BCUT2D eigenvalue weighted by molar-refractivity contribution is -0.113. The number of nitrogens with two attached hydrogens (primary N) is 1. The van der Waals surface area contributed by atoms with Gasteiger partial charge in [0.25, 0.3) is 0 Å². The highest BCUT2D eigenvalue weighted by molar-refractivity contribution is 6.05. The number of carbonyl (C=O) groups excluding carboxylic acids is 1. The second kappa shape index (κ2) is 7.09. The fourth-order valence-electron chi connectivity index (χ4n) is 7.58. The van der Waals surface area contributed by atoms with Crippen LogP contribution in [0.3, 0.4) is 0 Å². The Kier molecular flexibility index (Phi) is 4.74. The number of carbonyl (C=O) groups is 1. The molecule has 3 saturated carbocycles. The number of ketones is 1. The number of allylic oxidation sites excluding steroid dienone is 3. The molecule has 4 aliphatic carbocycles. The Morgan fingerprint density at radius 3 is 2.63 bits per heavy atom. The quantitative estimate of drug-likeness (QED) is 0.522. The smallest absolute Gasteiger partial charge is 0.181 e. The van der Waals surface area contributed by atoms with Gasteiger partial charge < -0.3 is 10.8 Å². The molecule has 0 aliphatic heterocycles. The molecule has 0 spiro atoms. The summed E-state index contributed by atoms with van der Waals surface area (Å²) in [5.41, 5.74) is 10.3. The fourth-order valence-corrected chi connectivity index (χ4v) is 7.58. The van der Waals surface area contributed by atoms with Crippen molar-refractivity contribution in [2.45, 2.75) is 71.3 Å². The van der Waals surface area contributed by atoms with Gasteiger partial charge in [-0.15, -0.1) is 0 Å². The summed E-state index contributed by atoms with van der Waals surface area (Å²) < 4.78 is 0. The maximum Gasteiger partial charge on any atom is 0.181 e. The highest BCUT2D eigenvalue weighted by atomic mass is 16.3. The monoisotopic (exact) mass is 405 g/mol. The first-order valence-electron chi connectivity index (χ1n) is 11.8. The molecule has 3 nitrogen and oxygen atoms in total. The Morgan fingerprint density at radius 1 is 1.10 bits per heavy atom. The van der Waals surface area contributed by atoms with Crippen molar-refractivity contribution in [2.75, 3.05) is 5.73 Å². The molecular weight excluding hydrogens is 370 g/mol. The van der Waals surface area contributed by atoms with E-state index < -0.39 is 0 Å². The average molecular weight is 406 g/mol. The molecule has 160 valence electrons. The lowest BCUT2D eigenvalue weighted by Gasteiger charge is -2.57. The van der Waals surface area contributed by atoms with Gasteiger partial charge in [0, 0.05) is 5.69 Å². The van der Waals surface area contributed by atoms with Crippen LogP contribution in [0.1, 0.15) is 64.4 Å². The zero-order valence-corrected chi connectivity index (χ0v) is 18.4. The number of benzene rings is 1. The van der Waals surface area contributed by atoms with E-state index >= 15 is 0 Å². The summed E-state index contributed by atoms with van der Waals surface area (Å²) in [6.07, 6.45) is 12.4. The molecule has 3 fully saturated rings. The molecule has 0 saturated heterocycles. The molecule has 0 heterocycles. The number of aliphatic hydroxyl groups excluding tert-OH is 1. The van der Waals surface area contributed by atoms with E-state index in [1.807, 2.05) is 30.3 Å². The van der Waals surface area contributed by atoms with Crippen molar-refractivity contribution in [1.82, 2.24) is 0 Å². The number of aliphatic hydroxyl groups is 1. The maximum atomic E-state index is 12.9. The standard InChI is InChI=1S/C27H35NO2/c1-26-14-13-23-21(22(26)11-12-25(26)30)10-7-19-15-24(29)18(16-27(19,23)2)6-3-17-4-8-20(28)9-5-17/h4-6,8-9,15,21-23,25,30H,3,7,10-14,16,28H2,1-2H3/t21-,22-,23-,25-,26-,27-/m0/s1. The van der Waals surface area contributed by atoms with E-state index in [2.05, 4.69) is 19.9 Å². The van der Waals surface area contributed by atoms with Gasteiger partial charge in [0.1, 0.15) is 0 Å². The van der Waals surface area contributed by atoms with E-state index in [9.17, 15) is 9.90 Å². The van der Waals surface area contributed by atoms with Crippen molar-refractivity contribution in [1.29, 1.82) is 0 Å². The van der Waals surface area contributed by atoms with Crippen molar-refractivity contribution in [3.63, 3.8) is 0 Å². The minimum atomic E-state index is -0.128. The topological polar surface area (TPSA) is 63.3 Å². The van der Waals surface area contributed by atoms with Crippen LogP contribution in [0.5, 0.6) is 0 Å². The summed E-state index contributed by atoms with van der Waals surface area (Å²) in [6, 6.07) is 7.95. The van der Waals surface area contributed by atoms with Crippen LogP contribution in [-0.4, -0.2) is 17.0 Å². The molecule has 0 amide bonds. The van der Waals surface area contributed by atoms with E-state index in [-0.39, 0.29) is 22.7 Å². The Hall–Kier alpha value is -1.87.